The zero-order valence-corrected chi connectivity index (χ0v) is 57.6. The predicted molar refractivity (Wildman–Crippen MR) is 329 cm³/mol. The Morgan fingerprint density at radius 2 is 0.640 bits per heavy atom. The van der Waals surface area contributed by atoms with Gasteiger partial charge in [0.2, 0.25) is 30.1 Å². The molecule has 6 rings (SSSR count). The van der Waals surface area contributed by atoms with E-state index in [4.69, 9.17) is 130 Å². The molecule has 0 saturated carbocycles. The highest BCUT2D eigenvalue weighted by Gasteiger charge is 2.61. The molecule has 0 aromatic heterocycles. The molecule has 4 aliphatic heterocycles. The Bertz CT molecular complexity index is 3290. The van der Waals surface area contributed by atoms with E-state index in [1.807, 2.05) is 0 Å². The van der Waals surface area contributed by atoms with Crippen molar-refractivity contribution in [3.63, 3.8) is 0 Å². The van der Waals surface area contributed by atoms with Crippen molar-refractivity contribution in [2.45, 2.75) is 203 Å². The largest absolute Gasteiger partial charge is 0.463 e. The van der Waals surface area contributed by atoms with Crippen LogP contribution < -0.4 is 10.6 Å². The first-order chi connectivity index (χ1) is 47.0. The van der Waals surface area contributed by atoms with Crippen LogP contribution >= 0.6 is 34.8 Å². The van der Waals surface area contributed by atoms with Crippen LogP contribution in [0.25, 0.3) is 0 Å². The molecule has 2 aromatic carbocycles. The van der Waals surface area contributed by atoms with Gasteiger partial charge < -0.3 is 101 Å². The number of carbonyl (C=O) groups excluding carboxylic acids is 13. The Labute approximate surface area is 585 Å². The first-order valence-corrected chi connectivity index (χ1v) is 31.5. The number of amides is 2. The molecule has 0 aliphatic carbocycles. The number of hydrogen-bond donors (Lipinski definition) is 3. The van der Waals surface area contributed by atoms with Gasteiger partial charge in [-0.05, 0) is 24.3 Å². The summed E-state index contributed by atoms with van der Waals surface area (Å²) in [7, 11) is 0. The van der Waals surface area contributed by atoms with Gasteiger partial charge in [-0.15, -0.1) is 0 Å². The van der Waals surface area contributed by atoms with Gasteiger partial charge in [0.05, 0.1) is 11.1 Å². The van der Waals surface area contributed by atoms with Gasteiger partial charge >= 0.3 is 65.7 Å². The second-order valence-electron chi connectivity index (χ2n) is 22.4. The highest BCUT2D eigenvalue weighted by atomic mass is 35.6. The molecule has 20 atom stereocenters. The normalized spacial score (nSPS) is 29.4. The first kappa shape index (κ1) is 80.6. The van der Waals surface area contributed by atoms with Crippen LogP contribution in [0.4, 0.5) is 0 Å². The fraction of sp³-hybridized carbons (Fsp3) is 0.581. The quantitative estimate of drug-likeness (QED) is 0.0397. The molecule has 35 nitrogen and oxygen atoms in total. The molecule has 4 heterocycles. The number of rotatable bonds is 26. The minimum absolute atomic E-state index is 0.122. The molecule has 4 saturated heterocycles. The zero-order chi connectivity index (χ0) is 74.0. The molecule has 38 heteroatoms. The lowest BCUT2D eigenvalue weighted by molar-refractivity contribution is -0.368. The summed E-state index contributed by atoms with van der Waals surface area (Å²) in [6, 6.07) is 10.4. The molecule has 0 unspecified atom stereocenters. The third-order valence-electron chi connectivity index (χ3n) is 14.4. The Hall–Kier alpha value is -8.39. The number of ether oxygens (including phenoxy) is 19. The molecule has 3 N–H and O–H groups in total. The van der Waals surface area contributed by atoms with Gasteiger partial charge in [0.15, 0.2) is 55.5 Å². The van der Waals surface area contributed by atoms with Crippen molar-refractivity contribution in [2.75, 3.05) is 26.4 Å². The third-order valence-corrected chi connectivity index (χ3v) is 14.9. The number of esters is 11. The fourth-order valence-corrected chi connectivity index (χ4v) is 10.8. The summed E-state index contributed by atoms with van der Waals surface area (Å²) >= 11 is 18.3. The van der Waals surface area contributed by atoms with Gasteiger partial charge in [0, 0.05) is 76.2 Å². The highest BCUT2D eigenvalue weighted by molar-refractivity contribution is 6.76. The molecule has 4 fully saturated rings. The Balaban J connectivity index is 1.59. The summed E-state index contributed by atoms with van der Waals surface area (Å²) in [6.07, 6.45) is -35.9. The number of hydrogen-bond acceptors (Lipinski definition) is 33. The topological polar surface area (TPSA) is 445 Å². The lowest BCUT2D eigenvalue weighted by Gasteiger charge is -2.52. The summed E-state index contributed by atoms with van der Waals surface area (Å²) in [5, 5.41) is 13.7. The van der Waals surface area contributed by atoms with E-state index in [9.17, 15) is 62.3 Å². The van der Waals surface area contributed by atoms with E-state index < -0.39 is 236 Å². The minimum atomic E-state index is -2.66. The monoisotopic (exact) mass is 1480 g/mol. The average Bonchev–Trinajstić information content (AvgIpc) is 0.762. The van der Waals surface area contributed by atoms with E-state index in [0.717, 1.165) is 76.2 Å². The van der Waals surface area contributed by atoms with Crippen LogP contribution in [0.15, 0.2) is 60.7 Å². The second kappa shape index (κ2) is 36.8. The SMILES string of the molecule is CC(=O)N[C@H]1[C@H](O[C@H]2[C@H](OC(=O)c3ccccc3)[C@@H](OC(=O)c3ccccc3)[C@@H](OC(=N)C(Cl)(Cl)Cl)O[C@@H]2COC(C)=O)O[C@H](COC(C)=O)[C@H](OC(C)=O)[C@@H]1O[C@@H]1O[C@H](COC(C)=O)[C@@H](O[C@@H]2O[C@H](COC(C)=O)[C@H](OC(C)=O)[C@H](OC(C)=O)[C@H]2OC(C)=O)[C@H](OC(C)=O)[C@H]1NC(C)=O. The predicted octanol–water partition coefficient (Wildman–Crippen LogP) is 1.78. The lowest BCUT2D eigenvalue weighted by atomic mass is 9.93. The maximum absolute atomic E-state index is 14.5. The maximum atomic E-state index is 14.5. The van der Waals surface area contributed by atoms with Crippen molar-refractivity contribution in [1.82, 2.24) is 10.6 Å². The summed E-state index contributed by atoms with van der Waals surface area (Å²) in [5.74, 6) is -14.5. The Morgan fingerprint density at radius 1 is 0.350 bits per heavy atom. The van der Waals surface area contributed by atoms with Crippen LogP contribution in [0.3, 0.4) is 0 Å². The van der Waals surface area contributed by atoms with Crippen LogP contribution in [0.1, 0.15) is 96.9 Å². The van der Waals surface area contributed by atoms with Gasteiger partial charge in [0.1, 0.15) is 81.2 Å². The van der Waals surface area contributed by atoms with Crippen molar-refractivity contribution in [3.8, 4) is 0 Å². The molecule has 0 spiro atoms. The minimum Gasteiger partial charge on any atom is -0.463 e. The Morgan fingerprint density at radius 3 is 1.03 bits per heavy atom. The Kier molecular flexibility index (Phi) is 29.7. The van der Waals surface area contributed by atoms with Crippen LogP contribution in [0.5, 0.6) is 0 Å². The molecule has 100 heavy (non-hydrogen) atoms. The summed E-state index contributed by atoms with van der Waals surface area (Å²) in [5.41, 5.74) is -0.261. The van der Waals surface area contributed by atoms with Crippen LogP contribution in [0.2, 0.25) is 0 Å². The molecule has 4 aliphatic rings. The molecular formula is C62H74Cl3N3O32. The van der Waals surface area contributed by atoms with E-state index in [1.165, 1.54) is 48.5 Å². The molecule has 2 aromatic rings. The van der Waals surface area contributed by atoms with E-state index in [-0.39, 0.29) is 11.1 Å². The van der Waals surface area contributed by atoms with E-state index >= 15 is 0 Å². The standard InChI is InChI=1S/C62H74Cl3N3O32/c1-26(69)67-43-49(88-34(9)77)46(98-59-53(90-36(11)79)51(89-35(10)78)47(87-33(8)76)41(93-59)24-84-30(5)73)40(23-83-29(4)72)92-58(43)99-50-44(68-27(2)70)57(91-39(22-82-28(3)71)45(50)86-32(7)75)97-48-42(25-85-31(6)74)94-60(100-61(66)62(63,64)65)54(96-56(81)38-20-16-13-17-21-38)52(48)95-55(80)37-18-14-12-15-19-37/h12-21,39-54,57-60,66H,22-25H2,1-11H3,(H,67,69)(H,68,70)/t39-,40-,41-,42-,43-,44-,45+,46-,47+,48-,49-,50-,51+,52+,53-,54-,57+,58+,59+,60-/m1/s1. The first-order valence-electron chi connectivity index (χ1n) is 30.4. The van der Waals surface area contributed by atoms with Crippen molar-refractivity contribution in [2.24, 2.45) is 0 Å². The van der Waals surface area contributed by atoms with E-state index in [0.29, 0.717) is 0 Å². The molecule has 550 valence electrons. The number of nitrogens with one attached hydrogen (secondary N) is 3. The lowest BCUT2D eigenvalue weighted by Crippen LogP contribution is -2.72. The average molecular weight is 1480 g/mol. The van der Waals surface area contributed by atoms with Crippen molar-refractivity contribution >= 4 is 118 Å². The fourth-order valence-electron chi connectivity index (χ4n) is 10.7. The van der Waals surface area contributed by atoms with Crippen molar-refractivity contribution < 1.29 is 152 Å². The van der Waals surface area contributed by atoms with Gasteiger partial charge in [-0.2, -0.15) is 0 Å². The summed E-state index contributed by atoms with van der Waals surface area (Å²) in [4.78, 5) is 172. The van der Waals surface area contributed by atoms with Gasteiger partial charge in [-0.1, -0.05) is 71.2 Å². The van der Waals surface area contributed by atoms with E-state index in [2.05, 4.69) is 10.6 Å². The number of halogens is 3. The summed E-state index contributed by atoms with van der Waals surface area (Å²) < 4.78 is 111. The molecule has 0 bridgehead atoms. The number of carbonyl (C=O) groups is 13. The smallest absolute Gasteiger partial charge is 0.338 e. The highest BCUT2D eigenvalue weighted by Crippen LogP contribution is 2.40. The molecular weight excluding hydrogens is 1410 g/mol. The van der Waals surface area contributed by atoms with Gasteiger partial charge in [-0.3, -0.25) is 58.1 Å². The number of benzene rings is 2. The third kappa shape index (κ3) is 23.3. The second-order valence-corrected chi connectivity index (χ2v) is 24.7. The van der Waals surface area contributed by atoms with E-state index in [1.54, 1.807) is 12.1 Å². The zero-order valence-electron chi connectivity index (χ0n) is 55.3. The van der Waals surface area contributed by atoms with Crippen LogP contribution in [-0.4, -0.2) is 236 Å². The summed E-state index contributed by atoms with van der Waals surface area (Å²) in [6.45, 7) is 7.13. The van der Waals surface area contributed by atoms with Crippen LogP contribution in [-0.2, 0) is 143 Å². The van der Waals surface area contributed by atoms with Gasteiger partial charge in [0.25, 0.3) is 3.79 Å². The van der Waals surface area contributed by atoms with Crippen molar-refractivity contribution in [1.29, 1.82) is 5.41 Å². The molecule has 0 radical (unpaired) electrons. The molecule has 2 amide bonds. The van der Waals surface area contributed by atoms with Crippen molar-refractivity contribution in [3.05, 3.63) is 71.8 Å². The van der Waals surface area contributed by atoms with Crippen LogP contribution in [0, 0.1) is 5.41 Å². The maximum Gasteiger partial charge on any atom is 0.338 e. The number of alkyl halides is 3. The van der Waals surface area contributed by atoms with Gasteiger partial charge in [-0.25, -0.2) is 9.59 Å².